The van der Waals surface area contributed by atoms with Crippen molar-refractivity contribution >= 4 is 11.9 Å². The first-order valence-electron chi connectivity index (χ1n) is 5.73. The van der Waals surface area contributed by atoms with E-state index in [1.54, 1.807) is 7.05 Å². The molecule has 0 aromatic heterocycles. The standard InChI is InChI=1S/C13H18N2O3/c1-14-9-12(16)15-11(13(17)18-2)8-10-6-4-3-5-7-10/h3-7,11,14H,8-9H2,1-2H3,(H,15,16). The molecule has 0 saturated carbocycles. The normalized spacial score (nSPS) is 11.7. The van der Waals surface area contributed by atoms with Gasteiger partial charge < -0.3 is 15.4 Å². The van der Waals surface area contributed by atoms with Gasteiger partial charge in [0.2, 0.25) is 5.91 Å². The Hall–Kier alpha value is -1.88. The Kier molecular flexibility index (Phi) is 5.87. The van der Waals surface area contributed by atoms with Gasteiger partial charge in [-0.1, -0.05) is 30.3 Å². The molecule has 1 rings (SSSR count). The maximum absolute atomic E-state index is 11.6. The van der Waals surface area contributed by atoms with Gasteiger partial charge in [0.05, 0.1) is 13.7 Å². The molecular formula is C13H18N2O3. The maximum Gasteiger partial charge on any atom is 0.328 e. The zero-order valence-electron chi connectivity index (χ0n) is 10.6. The second-order valence-corrected chi connectivity index (χ2v) is 3.86. The second-order valence-electron chi connectivity index (χ2n) is 3.86. The van der Waals surface area contributed by atoms with Crippen LogP contribution >= 0.6 is 0 Å². The van der Waals surface area contributed by atoms with Crippen molar-refractivity contribution in [2.45, 2.75) is 12.5 Å². The fourth-order valence-corrected chi connectivity index (χ4v) is 1.59. The molecule has 0 radical (unpaired) electrons. The van der Waals surface area contributed by atoms with Gasteiger partial charge in [-0.3, -0.25) is 4.79 Å². The van der Waals surface area contributed by atoms with E-state index in [9.17, 15) is 9.59 Å². The van der Waals surface area contributed by atoms with Gasteiger partial charge in [0.1, 0.15) is 6.04 Å². The van der Waals surface area contributed by atoms with Gasteiger partial charge in [0.15, 0.2) is 0 Å². The van der Waals surface area contributed by atoms with Gasteiger partial charge in [-0.2, -0.15) is 0 Å². The molecule has 0 aliphatic carbocycles. The summed E-state index contributed by atoms with van der Waals surface area (Å²) in [6, 6.07) is 8.83. The van der Waals surface area contributed by atoms with Crippen LogP contribution in [0.15, 0.2) is 30.3 Å². The van der Waals surface area contributed by atoms with E-state index in [2.05, 4.69) is 15.4 Å². The Morgan fingerprint density at radius 2 is 1.94 bits per heavy atom. The van der Waals surface area contributed by atoms with Crippen molar-refractivity contribution in [2.75, 3.05) is 20.7 Å². The Bertz CT molecular complexity index is 392. The molecule has 0 aliphatic rings. The number of hydrogen-bond donors (Lipinski definition) is 2. The number of rotatable bonds is 6. The molecule has 0 heterocycles. The number of amides is 1. The molecule has 1 unspecified atom stereocenters. The van der Waals surface area contributed by atoms with Gasteiger partial charge in [-0.15, -0.1) is 0 Å². The van der Waals surface area contributed by atoms with E-state index in [4.69, 9.17) is 0 Å². The number of esters is 1. The van der Waals surface area contributed by atoms with Crippen LogP contribution in [-0.4, -0.2) is 38.6 Å². The summed E-state index contributed by atoms with van der Waals surface area (Å²) in [6.45, 7) is 0.169. The Morgan fingerprint density at radius 3 is 2.50 bits per heavy atom. The van der Waals surface area contributed by atoms with E-state index in [1.807, 2.05) is 30.3 Å². The monoisotopic (exact) mass is 250 g/mol. The third kappa shape index (κ3) is 4.55. The minimum absolute atomic E-state index is 0.169. The molecule has 1 amide bonds. The van der Waals surface area contributed by atoms with Gasteiger partial charge in [-0.25, -0.2) is 4.79 Å². The minimum Gasteiger partial charge on any atom is -0.467 e. The fraction of sp³-hybridized carbons (Fsp3) is 0.385. The maximum atomic E-state index is 11.6. The van der Waals surface area contributed by atoms with E-state index in [1.165, 1.54) is 7.11 Å². The van der Waals surface area contributed by atoms with Crippen LogP contribution in [0.4, 0.5) is 0 Å². The molecule has 0 fully saturated rings. The van der Waals surface area contributed by atoms with E-state index in [-0.39, 0.29) is 12.5 Å². The first-order valence-corrected chi connectivity index (χ1v) is 5.73. The molecule has 0 spiro atoms. The second kappa shape index (κ2) is 7.45. The van der Waals surface area contributed by atoms with Crippen molar-refractivity contribution in [1.82, 2.24) is 10.6 Å². The molecule has 0 bridgehead atoms. The summed E-state index contributed by atoms with van der Waals surface area (Å²) < 4.78 is 4.69. The SMILES string of the molecule is CNCC(=O)NC(Cc1ccccc1)C(=O)OC. The number of carbonyl (C=O) groups excluding carboxylic acids is 2. The largest absolute Gasteiger partial charge is 0.467 e. The first kappa shape index (κ1) is 14.2. The first-order chi connectivity index (χ1) is 8.67. The van der Waals surface area contributed by atoms with Gasteiger partial charge in [-0.05, 0) is 12.6 Å². The molecule has 0 aliphatic heterocycles. The quantitative estimate of drug-likeness (QED) is 0.703. The summed E-state index contributed by atoms with van der Waals surface area (Å²) >= 11 is 0. The molecule has 1 aromatic rings. The lowest BCUT2D eigenvalue weighted by Gasteiger charge is -2.16. The van der Waals surface area contributed by atoms with Crippen LogP contribution < -0.4 is 10.6 Å². The Labute approximate surface area is 107 Å². The van der Waals surface area contributed by atoms with Crippen molar-refractivity contribution in [3.8, 4) is 0 Å². The number of nitrogens with one attached hydrogen (secondary N) is 2. The Morgan fingerprint density at radius 1 is 1.28 bits per heavy atom. The van der Waals surface area contributed by atoms with Crippen molar-refractivity contribution in [3.63, 3.8) is 0 Å². The molecular weight excluding hydrogens is 232 g/mol. The van der Waals surface area contributed by atoms with E-state index in [0.29, 0.717) is 6.42 Å². The summed E-state index contributed by atoms with van der Waals surface area (Å²) in [4.78, 5) is 23.1. The number of methoxy groups -OCH3 is 1. The van der Waals surface area contributed by atoms with Crippen molar-refractivity contribution in [3.05, 3.63) is 35.9 Å². The highest BCUT2D eigenvalue weighted by Crippen LogP contribution is 2.04. The molecule has 2 N–H and O–H groups in total. The van der Waals surface area contributed by atoms with E-state index >= 15 is 0 Å². The topological polar surface area (TPSA) is 67.4 Å². The average molecular weight is 250 g/mol. The lowest BCUT2D eigenvalue weighted by molar-refractivity contribution is -0.144. The zero-order chi connectivity index (χ0) is 13.4. The molecule has 1 aromatic carbocycles. The van der Waals surface area contributed by atoms with E-state index < -0.39 is 12.0 Å². The third-order valence-electron chi connectivity index (χ3n) is 2.44. The van der Waals surface area contributed by atoms with Gasteiger partial charge in [0, 0.05) is 6.42 Å². The molecule has 5 nitrogen and oxygen atoms in total. The predicted octanol–water partition coefficient (Wildman–Crippen LogP) is 0.106. The van der Waals surface area contributed by atoms with Crippen molar-refractivity contribution in [1.29, 1.82) is 0 Å². The van der Waals surface area contributed by atoms with Crippen LogP contribution in [0.1, 0.15) is 5.56 Å². The van der Waals surface area contributed by atoms with Crippen LogP contribution in [0.5, 0.6) is 0 Å². The predicted molar refractivity (Wildman–Crippen MR) is 68.0 cm³/mol. The number of likely N-dealkylation sites (N-methyl/N-ethyl adjacent to an activating group) is 1. The van der Waals surface area contributed by atoms with Crippen LogP contribution in [0, 0.1) is 0 Å². The average Bonchev–Trinajstić information content (AvgIpc) is 2.38. The lowest BCUT2D eigenvalue weighted by atomic mass is 10.1. The van der Waals surface area contributed by atoms with Crippen LogP contribution in [0.3, 0.4) is 0 Å². The lowest BCUT2D eigenvalue weighted by Crippen LogP contribution is -2.45. The Balaban J connectivity index is 2.67. The molecule has 18 heavy (non-hydrogen) atoms. The van der Waals surface area contributed by atoms with E-state index in [0.717, 1.165) is 5.56 Å². The highest BCUT2D eigenvalue weighted by atomic mass is 16.5. The van der Waals surface area contributed by atoms with Crippen LogP contribution in [-0.2, 0) is 20.7 Å². The van der Waals surface area contributed by atoms with Crippen molar-refractivity contribution < 1.29 is 14.3 Å². The van der Waals surface area contributed by atoms with Crippen LogP contribution in [0.25, 0.3) is 0 Å². The number of benzene rings is 1. The molecule has 98 valence electrons. The third-order valence-corrected chi connectivity index (χ3v) is 2.44. The fourth-order valence-electron chi connectivity index (χ4n) is 1.59. The summed E-state index contributed by atoms with van der Waals surface area (Å²) in [6.07, 6.45) is 0.420. The zero-order valence-corrected chi connectivity index (χ0v) is 10.6. The summed E-state index contributed by atoms with van der Waals surface area (Å²) in [5.41, 5.74) is 0.970. The van der Waals surface area contributed by atoms with Gasteiger partial charge in [0.25, 0.3) is 0 Å². The summed E-state index contributed by atoms with van der Waals surface area (Å²) in [5.74, 6) is -0.674. The minimum atomic E-state index is -0.654. The molecule has 5 heteroatoms. The highest BCUT2D eigenvalue weighted by molar-refractivity contribution is 5.85. The molecule has 1 atom stereocenters. The van der Waals surface area contributed by atoms with Crippen molar-refractivity contribution in [2.24, 2.45) is 0 Å². The summed E-state index contributed by atoms with van der Waals surface area (Å²) in [7, 11) is 2.98. The number of hydrogen-bond acceptors (Lipinski definition) is 4. The van der Waals surface area contributed by atoms with Crippen LogP contribution in [0.2, 0.25) is 0 Å². The number of carbonyl (C=O) groups is 2. The molecule has 0 saturated heterocycles. The van der Waals surface area contributed by atoms with Gasteiger partial charge >= 0.3 is 5.97 Å². The smallest absolute Gasteiger partial charge is 0.328 e. The number of ether oxygens (including phenoxy) is 1. The summed E-state index contributed by atoms with van der Waals surface area (Å²) in [5, 5.41) is 5.37. The highest BCUT2D eigenvalue weighted by Gasteiger charge is 2.21.